The van der Waals surface area contributed by atoms with Crippen LogP contribution in [0.1, 0.15) is 20.0 Å². The number of nitrogens with one attached hydrogen (secondary N) is 1. The number of aromatic carboxylic acids is 1. The Morgan fingerprint density at radius 2 is 1.63 bits per heavy atom. The smallest absolute Gasteiger partial charge is 0.337 e. The zero-order valence-corrected chi connectivity index (χ0v) is 17.6. The van der Waals surface area contributed by atoms with Crippen LogP contribution in [0.15, 0.2) is 60.0 Å². The zero-order chi connectivity index (χ0) is 21.1. The first kappa shape index (κ1) is 20.3. The monoisotopic (exact) mass is 441 g/mol. The van der Waals surface area contributed by atoms with Crippen molar-refractivity contribution in [1.82, 2.24) is 0 Å². The fraction of sp³-hybridized carbons (Fsp3) is 0.182. The lowest BCUT2D eigenvalue weighted by Gasteiger charge is -2.38. The Morgan fingerprint density at radius 1 is 0.933 bits per heavy atom. The Kier molecular flexibility index (Phi) is 5.92. The number of amides is 1. The largest absolute Gasteiger partial charge is 0.478 e. The fourth-order valence-corrected chi connectivity index (χ4v) is 4.43. The molecule has 0 atom stereocenters. The minimum Gasteiger partial charge on any atom is -0.478 e. The first-order valence-electron chi connectivity index (χ1n) is 9.49. The van der Waals surface area contributed by atoms with Gasteiger partial charge in [-0.15, -0.1) is 11.3 Å². The van der Waals surface area contributed by atoms with E-state index in [2.05, 4.69) is 15.1 Å². The maximum absolute atomic E-state index is 12.3. The average molecular weight is 442 g/mol. The molecule has 1 saturated heterocycles. The Morgan fingerprint density at radius 3 is 2.27 bits per heavy atom. The van der Waals surface area contributed by atoms with E-state index in [9.17, 15) is 14.7 Å². The summed E-state index contributed by atoms with van der Waals surface area (Å²) in [6.07, 6.45) is 0. The molecule has 1 fully saturated rings. The summed E-state index contributed by atoms with van der Waals surface area (Å²) in [5.74, 6) is -1.27. The van der Waals surface area contributed by atoms with E-state index in [1.165, 1.54) is 17.4 Å². The van der Waals surface area contributed by atoms with E-state index in [0.29, 0.717) is 34.4 Å². The zero-order valence-electron chi connectivity index (χ0n) is 16.0. The normalized spacial score (nSPS) is 13.9. The average Bonchev–Trinajstić information content (AvgIpc) is 3.29. The van der Waals surface area contributed by atoms with E-state index >= 15 is 0 Å². The third-order valence-corrected chi connectivity index (χ3v) is 6.23. The second-order valence-corrected chi connectivity index (χ2v) is 8.25. The van der Waals surface area contributed by atoms with Gasteiger partial charge in [0.1, 0.15) is 0 Å². The van der Waals surface area contributed by atoms with Crippen molar-refractivity contribution in [2.24, 2.45) is 0 Å². The second-order valence-electron chi connectivity index (χ2n) is 6.89. The van der Waals surface area contributed by atoms with Gasteiger partial charge < -0.3 is 20.2 Å². The molecule has 6 nitrogen and oxygen atoms in total. The Balaban J connectivity index is 1.49. The lowest BCUT2D eigenvalue weighted by Crippen LogP contribution is -2.47. The van der Waals surface area contributed by atoms with Gasteiger partial charge in [-0.05, 0) is 41.8 Å². The number of thiophene rings is 1. The number of carbonyl (C=O) groups is 2. The third kappa shape index (κ3) is 4.27. The van der Waals surface area contributed by atoms with Gasteiger partial charge in [0.05, 0.1) is 26.8 Å². The van der Waals surface area contributed by atoms with Gasteiger partial charge in [-0.1, -0.05) is 29.8 Å². The van der Waals surface area contributed by atoms with E-state index in [1.807, 2.05) is 29.6 Å². The molecule has 0 aliphatic carbocycles. The number of rotatable bonds is 5. The SMILES string of the molecule is O=C(Nc1ccc(N2CCN(c3ccccc3Cl)CC2)c(C(=O)O)c1)c1cccs1. The van der Waals surface area contributed by atoms with Gasteiger partial charge in [0.2, 0.25) is 0 Å². The van der Waals surface area contributed by atoms with Crippen molar-refractivity contribution in [2.75, 3.05) is 41.3 Å². The highest BCUT2D eigenvalue weighted by Crippen LogP contribution is 2.29. The fourth-order valence-electron chi connectivity index (χ4n) is 3.56. The molecule has 0 radical (unpaired) electrons. The molecule has 8 heteroatoms. The highest BCUT2D eigenvalue weighted by molar-refractivity contribution is 7.12. The highest BCUT2D eigenvalue weighted by atomic mass is 35.5. The van der Waals surface area contributed by atoms with Crippen molar-refractivity contribution in [3.63, 3.8) is 0 Å². The predicted molar refractivity (Wildman–Crippen MR) is 122 cm³/mol. The number of benzene rings is 2. The number of carboxylic acids is 1. The van der Waals surface area contributed by atoms with Gasteiger partial charge in [0.15, 0.2) is 0 Å². The highest BCUT2D eigenvalue weighted by Gasteiger charge is 2.23. The standard InChI is InChI=1S/C22H20ClN3O3S/c23-17-4-1-2-5-19(17)26-11-9-25(10-12-26)18-8-7-15(14-16(18)22(28)29)24-21(27)20-6-3-13-30-20/h1-8,13-14H,9-12H2,(H,24,27)(H,28,29). The van der Waals surface area contributed by atoms with Crippen LogP contribution in [-0.2, 0) is 0 Å². The first-order valence-corrected chi connectivity index (χ1v) is 10.8. The molecule has 2 aromatic carbocycles. The predicted octanol–water partition coefficient (Wildman–Crippen LogP) is 4.68. The molecule has 2 N–H and O–H groups in total. The van der Waals surface area contributed by atoms with Gasteiger partial charge >= 0.3 is 5.97 Å². The summed E-state index contributed by atoms with van der Waals surface area (Å²) in [4.78, 5) is 29.0. The van der Waals surface area contributed by atoms with Crippen molar-refractivity contribution in [3.8, 4) is 0 Å². The molecular weight excluding hydrogens is 422 g/mol. The molecule has 0 bridgehead atoms. The van der Waals surface area contributed by atoms with Crippen LogP contribution in [0, 0.1) is 0 Å². The number of para-hydroxylation sites is 1. The molecule has 1 aliphatic heterocycles. The summed E-state index contributed by atoms with van der Waals surface area (Å²) < 4.78 is 0. The maximum atomic E-state index is 12.3. The summed E-state index contributed by atoms with van der Waals surface area (Å²) in [6, 6.07) is 16.3. The van der Waals surface area contributed by atoms with Gasteiger partial charge in [-0.2, -0.15) is 0 Å². The maximum Gasteiger partial charge on any atom is 0.337 e. The van der Waals surface area contributed by atoms with E-state index in [1.54, 1.807) is 24.3 Å². The quantitative estimate of drug-likeness (QED) is 0.601. The molecule has 154 valence electrons. The number of piperazine rings is 1. The number of halogens is 1. The van der Waals surface area contributed by atoms with Gasteiger partial charge in [0, 0.05) is 31.9 Å². The Bertz CT molecular complexity index is 1060. The van der Waals surface area contributed by atoms with E-state index in [4.69, 9.17) is 11.6 Å². The lowest BCUT2D eigenvalue weighted by molar-refractivity contribution is 0.0697. The molecule has 4 rings (SSSR count). The van der Waals surface area contributed by atoms with Crippen molar-refractivity contribution in [2.45, 2.75) is 0 Å². The summed E-state index contributed by atoms with van der Waals surface area (Å²) >= 11 is 7.64. The van der Waals surface area contributed by atoms with Crippen LogP contribution in [-0.4, -0.2) is 43.2 Å². The minimum atomic E-state index is -1.02. The second kappa shape index (κ2) is 8.77. The molecule has 3 aromatic rings. The summed E-state index contributed by atoms with van der Waals surface area (Å²) in [6.45, 7) is 2.82. The van der Waals surface area contributed by atoms with Crippen LogP contribution in [0.2, 0.25) is 5.02 Å². The number of anilines is 3. The van der Waals surface area contributed by atoms with E-state index in [0.717, 1.165) is 18.8 Å². The molecule has 2 heterocycles. The van der Waals surface area contributed by atoms with E-state index in [-0.39, 0.29) is 11.5 Å². The molecule has 0 saturated carbocycles. The van der Waals surface area contributed by atoms with Crippen LogP contribution in [0.4, 0.5) is 17.1 Å². The molecular formula is C22H20ClN3O3S. The molecule has 1 aromatic heterocycles. The van der Waals surface area contributed by atoms with Crippen LogP contribution in [0.3, 0.4) is 0 Å². The topological polar surface area (TPSA) is 72.9 Å². The summed E-state index contributed by atoms with van der Waals surface area (Å²) in [5.41, 5.74) is 2.27. The third-order valence-electron chi connectivity index (χ3n) is 5.04. The molecule has 1 amide bonds. The van der Waals surface area contributed by atoms with Crippen molar-refractivity contribution < 1.29 is 14.7 Å². The number of hydrogen-bond acceptors (Lipinski definition) is 5. The summed E-state index contributed by atoms with van der Waals surface area (Å²) in [7, 11) is 0. The lowest BCUT2D eigenvalue weighted by atomic mass is 10.1. The molecule has 1 aliphatic rings. The Hall–Kier alpha value is -3.03. The first-order chi connectivity index (χ1) is 14.5. The van der Waals surface area contributed by atoms with Crippen LogP contribution >= 0.6 is 22.9 Å². The van der Waals surface area contributed by atoms with E-state index < -0.39 is 5.97 Å². The number of hydrogen-bond donors (Lipinski definition) is 2. The number of nitrogens with zero attached hydrogens (tertiary/aromatic N) is 2. The van der Waals surface area contributed by atoms with Gasteiger partial charge in [-0.3, -0.25) is 4.79 Å². The van der Waals surface area contributed by atoms with Crippen LogP contribution < -0.4 is 15.1 Å². The number of carboxylic acid groups (broad SMARTS) is 1. The Labute approximate surface area is 183 Å². The van der Waals surface area contributed by atoms with Gasteiger partial charge in [-0.25, -0.2) is 4.79 Å². The van der Waals surface area contributed by atoms with Crippen molar-refractivity contribution in [3.05, 3.63) is 75.4 Å². The van der Waals surface area contributed by atoms with Gasteiger partial charge in [0.25, 0.3) is 5.91 Å². The van der Waals surface area contributed by atoms with Crippen LogP contribution in [0.25, 0.3) is 0 Å². The van der Waals surface area contributed by atoms with Crippen LogP contribution in [0.5, 0.6) is 0 Å². The minimum absolute atomic E-state index is 0.171. The molecule has 0 unspecified atom stereocenters. The van der Waals surface area contributed by atoms with Crippen molar-refractivity contribution in [1.29, 1.82) is 0 Å². The number of carbonyl (C=O) groups excluding carboxylic acids is 1. The molecule has 0 spiro atoms. The summed E-state index contributed by atoms with van der Waals surface area (Å²) in [5, 5.41) is 15.0. The molecule has 30 heavy (non-hydrogen) atoms. The van der Waals surface area contributed by atoms with Crippen molar-refractivity contribution >= 4 is 51.9 Å².